The molecule has 0 radical (unpaired) electrons. The van der Waals surface area contributed by atoms with Gasteiger partial charge < -0.3 is 10.1 Å². The van der Waals surface area contributed by atoms with E-state index in [2.05, 4.69) is 31.3 Å². The number of morpholine rings is 1. The molecular weight excluding hydrogens is 426 g/mol. The maximum absolute atomic E-state index is 13.0. The number of hydrogen-bond donors (Lipinski definition) is 1. The smallest absolute Gasteiger partial charge is 0.249 e. The topological polar surface area (TPSA) is 106 Å². The van der Waals surface area contributed by atoms with Gasteiger partial charge in [-0.25, -0.2) is 18.1 Å². The van der Waals surface area contributed by atoms with Gasteiger partial charge in [-0.15, -0.1) is 0 Å². The van der Waals surface area contributed by atoms with Crippen molar-refractivity contribution in [2.75, 3.05) is 31.6 Å². The fourth-order valence-corrected chi connectivity index (χ4v) is 4.61. The van der Waals surface area contributed by atoms with Crippen molar-refractivity contribution in [2.24, 2.45) is 0 Å². The van der Waals surface area contributed by atoms with Crippen molar-refractivity contribution in [2.45, 2.75) is 17.9 Å². The number of sulfonamides is 1. The lowest BCUT2D eigenvalue weighted by atomic mass is 10.2. The Morgan fingerprint density at radius 2 is 2.08 bits per heavy atom. The molecule has 140 valence electrons. The summed E-state index contributed by atoms with van der Waals surface area (Å²) < 4.78 is 34.6. The molecule has 0 saturated carbocycles. The van der Waals surface area contributed by atoms with E-state index in [1.54, 1.807) is 19.1 Å². The highest BCUT2D eigenvalue weighted by atomic mass is 79.9. The van der Waals surface area contributed by atoms with Gasteiger partial charge in [0.25, 0.3) is 0 Å². The van der Waals surface area contributed by atoms with Gasteiger partial charge in [0.2, 0.25) is 15.9 Å². The van der Waals surface area contributed by atoms with Crippen LogP contribution in [-0.4, -0.2) is 59.7 Å². The number of aromatic nitrogens is 3. The zero-order valence-electron chi connectivity index (χ0n) is 14.0. The van der Waals surface area contributed by atoms with E-state index in [1.807, 2.05) is 0 Å². The van der Waals surface area contributed by atoms with Crippen molar-refractivity contribution in [3.05, 3.63) is 35.3 Å². The highest BCUT2D eigenvalue weighted by molar-refractivity contribution is 9.10. The molecule has 26 heavy (non-hydrogen) atoms. The van der Waals surface area contributed by atoms with Gasteiger partial charge in [-0.2, -0.15) is 9.40 Å². The molecule has 0 spiro atoms. The summed E-state index contributed by atoms with van der Waals surface area (Å²) >= 11 is 3.30. The van der Waals surface area contributed by atoms with E-state index >= 15 is 0 Å². The van der Waals surface area contributed by atoms with E-state index in [4.69, 9.17) is 4.74 Å². The molecule has 1 aromatic carbocycles. The number of hydrogen-bond acceptors (Lipinski definition) is 6. The maximum Gasteiger partial charge on any atom is 0.249 e. The third-order valence-corrected chi connectivity index (χ3v) is 6.43. The molecule has 1 fully saturated rings. The van der Waals surface area contributed by atoms with Gasteiger partial charge in [0, 0.05) is 17.6 Å². The van der Waals surface area contributed by atoms with Gasteiger partial charge in [-0.3, -0.25) is 4.79 Å². The average molecular weight is 444 g/mol. The van der Waals surface area contributed by atoms with Crippen LogP contribution in [0.2, 0.25) is 0 Å². The zero-order valence-corrected chi connectivity index (χ0v) is 16.4. The number of amides is 1. The summed E-state index contributed by atoms with van der Waals surface area (Å²) in [7, 11) is -3.77. The number of nitrogens with zero attached hydrogens (tertiary/aromatic N) is 4. The molecule has 1 aromatic heterocycles. The molecule has 2 heterocycles. The Morgan fingerprint density at radius 3 is 2.73 bits per heavy atom. The van der Waals surface area contributed by atoms with Gasteiger partial charge in [-0.1, -0.05) is 15.9 Å². The number of benzene rings is 1. The van der Waals surface area contributed by atoms with Gasteiger partial charge in [-0.05, 0) is 25.1 Å². The monoisotopic (exact) mass is 443 g/mol. The van der Waals surface area contributed by atoms with Crippen LogP contribution in [0.3, 0.4) is 0 Å². The molecule has 1 amide bonds. The normalized spacial score (nSPS) is 17.0. The van der Waals surface area contributed by atoms with Crippen LogP contribution >= 0.6 is 15.9 Å². The molecule has 1 atom stereocenters. The molecule has 11 heteroatoms. The van der Waals surface area contributed by atoms with E-state index in [0.717, 1.165) is 0 Å². The SMILES string of the molecule is C[C@H](C(=O)Nc1ccc(Br)cc1S(=O)(=O)N1CCOCC1)n1cncn1. The average Bonchev–Trinajstić information content (AvgIpc) is 3.17. The standard InChI is InChI=1S/C15H18BrN5O4S/c1-11(21-10-17-9-18-21)15(22)19-13-3-2-12(16)8-14(13)26(23,24)20-4-6-25-7-5-20/h2-3,8-11H,4-7H2,1H3,(H,19,22)/t11-/m1/s1. The zero-order chi connectivity index (χ0) is 18.7. The van der Waals surface area contributed by atoms with E-state index < -0.39 is 22.0 Å². The minimum absolute atomic E-state index is 0.0351. The van der Waals surface area contributed by atoms with Crippen LogP contribution in [0.25, 0.3) is 0 Å². The fraction of sp³-hybridized carbons (Fsp3) is 0.400. The molecule has 0 unspecified atom stereocenters. The first-order valence-electron chi connectivity index (χ1n) is 7.92. The number of nitrogens with one attached hydrogen (secondary N) is 1. The second-order valence-corrected chi connectivity index (χ2v) is 8.52. The van der Waals surface area contributed by atoms with E-state index in [-0.39, 0.29) is 23.7 Å². The molecule has 2 aromatic rings. The lowest BCUT2D eigenvalue weighted by molar-refractivity contribution is -0.119. The van der Waals surface area contributed by atoms with Crippen molar-refractivity contribution in [1.82, 2.24) is 19.1 Å². The predicted octanol–water partition coefficient (Wildman–Crippen LogP) is 1.26. The van der Waals surface area contributed by atoms with Crippen molar-refractivity contribution >= 4 is 37.5 Å². The molecule has 1 saturated heterocycles. The van der Waals surface area contributed by atoms with Gasteiger partial charge >= 0.3 is 0 Å². The Hall–Kier alpha value is -1.82. The third-order valence-electron chi connectivity index (χ3n) is 4.00. The van der Waals surface area contributed by atoms with Crippen LogP contribution in [0.5, 0.6) is 0 Å². The van der Waals surface area contributed by atoms with Gasteiger partial charge in [0.15, 0.2) is 0 Å². The molecule has 9 nitrogen and oxygen atoms in total. The maximum atomic E-state index is 13.0. The summed E-state index contributed by atoms with van der Waals surface area (Å²) in [6.07, 6.45) is 2.76. The first-order chi connectivity index (χ1) is 12.4. The Bertz CT molecular complexity index is 881. The van der Waals surface area contributed by atoms with Crippen molar-refractivity contribution in [3.63, 3.8) is 0 Å². The van der Waals surface area contributed by atoms with E-state index in [0.29, 0.717) is 17.7 Å². The first kappa shape index (κ1) is 19.0. The van der Waals surface area contributed by atoms with Crippen LogP contribution in [-0.2, 0) is 19.6 Å². The minimum atomic E-state index is -3.77. The van der Waals surface area contributed by atoms with Crippen LogP contribution in [0.4, 0.5) is 5.69 Å². The highest BCUT2D eigenvalue weighted by Gasteiger charge is 2.30. The number of ether oxygens (including phenoxy) is 1. The second-order valence-electron chi connectivity index (χ2n) is 5.70. The summed E-state index contributed by atoms with van der Waals surface area (Å²) in [5, 5.41) is 6.62. The van der Waals surface area contributed by atoms with Gasteiger partial charge in [0.05, 0.1) is 18.9 Å². The lowest BCUT2D eigenvalue weighted by Crippen LogP contribution is -2.41. The van der Waals surface area contributed by atoms with E-state index in [1.165, 1.54) is 27.7 Å². The summed E-state index contributed by atoms with van der Waals surface area (Å²) in [5.41, 5.74) is 0.219. The molecule has 0 bridgehead atoms. The molecule has 1 aliphatic heterocycles. The second kappa shape index (κ2) is 7.82. The van der Waals surface area contributed by atoms with Crippen molar-refractivity contribution in [3.8, 4) is 0 Å². The summed E-state index contributed by atoms with van der Waals surface area (Å²) in [4.78, 5) is 16.4. The molecule has 3 rings (SSSR count). The van der Waals surface area contributed by atoms with Crippen molar-refractivity contribution < 1.29 is 17.9 Å². The number of anilines is 1. The van der Waals surface area contributed by atoms with E-state index in [9.17, 15) is 13.2 Å². The molecule has 0 aliphatic carbocycles. The Morgan fingerprint density at radius 1 is 1.35 bits per heavy atom. The number of rotatable bonds is 5. The van der Waals surface area contributed by atoms with Crippen LogP contribution in [0.15, 0.2) is 40.2 Å². The summed E-state index contributed by atoms with van der Waals surface area (Å²) in [6.45, 7) is 2.89. The number of carbonyl (C=O) groups is 1. The fourth-order valence-electron chi connectivity index (χ4n) is 2.51. The number of carbonyl (C=O) groups excluding carboxylic acids is 1. The first-order valence-corrected chi connectivity index (χ1v) is 10.2. The van der Waals surface area contributed by atoms with Crippen LogP contribution < -0.4 is 5.32 Å². The minimum Gasteiger partial charge on any atom is -0.379 e. The summed E-state index contributed by atoms with van der Waals surface area (Å²) in [6, 6.07) is 4.08. The van der Waals surface area contributed by atoms with Crippen LogP contribution in [0, 0.1) is 0 Å². The summed E-state index contributed by atoms with van der Waals surface area (Å²) in [5.74, 6) is -0.392. The Balaban J connectivity index is 1.89. The highest BCUT2D eigenvalue weighted by Crippen LogP contribution is 2.29. The van der Waals surface area contributed by atoms with Gasteiger partial charge in [0.1, 0.15) is 23.6 Å². The molecular formula is C15H18BrN5O4S. The quantitative estimate of drug-likeness (QED) is 0.745. The van der Waals surface area contributed by atoms with Crippen molar-refractivity contribution in [1.29, 1.82) is 0 Å². The largest absolute Gasteiger partial charge is 0.379 e. The molecule has 1 aliphatic rings. The Labute approximate surface area is 159 Å². The van der Waals surface area contributed by atoms with Crippen LogP contribution in [0.1, 0.15) is 13.0 Å². The lowest BCUT2D eigenvalue weighted by Gasteiger charge is -2.27. The number of halogens is 1. The Kier molecular flexibility index (Phi) is 5.70. The molecule has 1 N–H and O–H groups in total. The predicted molar refractivity (Wildman–Crippen MR) is 97.1 cm³/mol. The third kappa shape index (κ3) is 3.95.